The molecule has 0 radical (unpaired) electrons. The second-order valence-electron chi connectivity index (χ2n) is 2.32. The van der Waals surface area contributed by atoms with E-state index in [1.165, 1.54) is 19.1 Å². The third-order valence-electron chi connectivity index (χ3n) is 1.29. The first-order valence-corrected chi connectivity index (χ1v) is 3.36. The van der Waals surface area contributed by atoms with E-state index in [9.17, 15) is 9.18 Å². The highest BCUT2D eigenvalue weighted by atomic mass is 19.1. The van der Waals surface area contributed by atoms with Crippen molar-refractivity contribution in [3.8, 4) is 5.75 Å². The third-order valence-corrected chi connectivity index (χ3v) is 1.29. The minimum Gasteiger partial charge on any atom is -0.506 e. The number of para-hydroxylation sites is 1. The fourth-order valence-electron chi connectivity index (χ4n) is 0.813. The van der Waals surface area contributed by atoms with E-state index in [0.717, 1.165) is 6.07 Å². The van der Waals surface area contributed by atoms with E-state index in [1.54, 1.807) is 0 Å². The maximum atomic E-state index is 12.8. The summed E-state index contributed by atoms with van der Waals surface area (Å²) in [6.45, 7) is 1.24. The van der Waals surface area contributed by atoms with Crippen LogP contribution in [0.25, 0.3) is 0 Å². The number of halogens is 1. The molecular weight excluding hydrogens is 161 g/mol. The summed E-state index contributed by atoms with van der Waals surface area (Å²) in [6.07, 6.45) is 0. The lowest BCUT2D eigenvalue weighted by molar-refractivity contribution is -0.114. The molecule has 0 aliphatic rings. The molecule has 64 valence electrons. The standard InChI is InChI=1S/C8H8FNO2/c1-5(11)10-8-6(9)3-2-4-7(8)12/h2-4,12H,1H3,(H,10,11). The number of aromatic hydroxyl groups is 1. The van der Waals surface area contributed by atoms with Crippen LogP contribution in [-0.2, 0) is 4.79 Å². The number of carbonyl (C=O) groups is 1. The number of carbonyl (C=O) groups excluding carboxylic acids is 1. The second kappa shape index (κ2) is 3.21. The normalized spacial score (nSPS) is 9.50. The highest BCUT2D eigenvalue weighted by Gasteiger charge is 2.07. The van der Waals surface area contributed by atoms with E-state index in [4.69, 9.17) is 5.11 Å². The van der Waals surface area contributed by atoms with Crippen molar-refractivity contribution < 1.29 is 14.3 Å². The smallest absolute Gasteiger partial charge is 0.221 e. The molecule has 0 unspecified atom stereocenters. The van der Waals surface area contributed by atoms with Crippen molar-refractivity contribution in [1.29, 1.82) is 0 Å². The molecule has 0 heterocycles. The predicted molar refractivity (Wildman–Crippen MR) is 42.4 cm³/mol. The van der Waals surface area contributed by atoms with Crippen LogP contribution in [0.2, 0.25) is 0 Å². The average Bonchev–Trinajstić information content (AvgIpc) is 1.97. The van der Waals surface area contributed by atoms with E-state index < -0.39 is 11.7 Å². The van der Waals surface area contributed by atoms with Crippen molar-refractivity contribution in [3.05, 3.63) is 24.0 Å². The van der Waals surface area contributed by atoms with Crippen molar-refractivity contribution in [1.82, 2.24) is 0 Å². The van der Waals surface area contributed by atoms with Crippen molar-refractivity contribution in [2.24, 2.45) is 0 Å². The minimum atomic E-state index is -0.648. The van der Waals surface area contributed by atoms with Crippen LogP contribution in [0.4, 0.5) is 10.1 Å². The molecule has 3 nitrogen and oxygen atoms in total. The Morgan fingerprint density at radius 1 is 1.58 bits per heavy atom. The molecular formula is C8H8FNO2. The van der Waals surface area contributed by atoms with Gasteiger partial charge in [-0.2, -0.15) is 0 Å². The summed E-state index contributed by atoms with van der Waals surface area (Å²) in [5.74, 6) is -1.34. The Morgan fingerprint density at radius 2 is 2.25 bits per heavy atom. The fourth-order valence-corrected chi connectivity index (χ4v) is 0.813. The summed E-state index contributed by atoms with van der Waals surface area (Å²) < 4.78 is 12.8. The number of rotatable bonds is 1. The first-order valence-electron chi connectivity index (χ1n) is 3.36. The monoisotopic (exact) mass is 169 g/mol. The van der Waals surface area contributed by atoms with Crippen LogP contribution < -0.4 is 5.32 Å². The van der Waals surface area contributed by atoms with Gasteiger partial charge in [-0.25, -0.2) is 4.39 Å². The van der Waals surface area contributed by atoms with Crippen LogP contribution in [0.5, 0.6) is 5.75 Å². The van der Waals surface area contributed by atoms with Gasteiger partial charge < -0.3 is 10.4 Å². The molecule has 1 aromatic rings. The Morgan fingerprint density at radius 3 is 2.75 bits per heavy atom. The lowest BCUT2D eigenvalue weighted by Crippen LogP contribution is -2.07. The molecule has 2 N–H and O–H groups in total. The number of anilines is 1. The van der Waals surface area contributed by atoms with Gasteiger partial charge >= 0.3 is 0 Å². The number of amides is 1. The van der Waals surface area contributed by atoms with E-state index in [-0.39, 0.29) is 11.4 Å². The van der Waals surface area contributed by atoms with Gasteiger partial charge in [-0.15, -0.1) is 0 Å². The topological polar surface area (TPSA) is 49.3 Å². The Kier molecular flexibility index (Phi) is 2.28. The Balaban J connectivity index is 3.04. The highest BCUT2D eigenvalue weighted by molar-refractivity contribution is 5.90. The van der Waals surface area contributed by atoms with Crippen molar-refractivity contribution in [3.63, 3.8) is 0 Å². The molecule has 0 aromatic heterocycles. The predicted octanol–water partition coefficient (Wildman–Crippen LogP) is 1.49. The van der Waals surface area contributed by atoms with Crippen LogP contribution in [-0.4, -0.2) is 11.0 Å². The van der Waals surface area contributed by atoms with Gasteiger partial charge in [-0.3, -0.25) is 4.79 Å². The first kappa shape index (κ1) is 8.52. The highest BCUT2D eigenvalue weighted by Crippen LogP contribution is 2.25. The Labute approximate surface area is 68.8 Å². The SMILES string of the molecule is CC(=O)Nc1c(O)cccc1F. The Hall–Kier alpha value is -1.58. The van der Waals surface area contributed by atoms with Gasteiger partial charge in [0.1, 0.15) is 11.4 Å². The van der Waals surface area contributed by atoms with Crippen LogP contribution in [0.1, 0.15) is 6.92 Å². The summed E-state index contributed by atoms with van der Waals surface area (Å²) >= 11 is 0. The molecule has 0 bridgehead atoms. The molecule has 0 aliphatic carbocycles. The van der Waals surface area contributed by atoms with Gasteiger partial charge in [-0.1, -0.05) is 6.07 Å². The van der Waals surface area contributed by atoms with E-state index in [2.05, 4.69) is 5.32 Å². The molecule has 1 amide bonds. The first-order chi connectivity index (χ1) is 5.61. The number of benzene rings is 1. The second-order valence-corrected chi connectivity index (χ2v) is 2.32. The average molecular weight is 169 g/mol. The lowest BCUT2D eigenvalue weighted by Gasteiger charge is -2.04. The number of hydrogen-bond acceptors (Lipinski definition) is 2. The molecule has 0 atom stereocenters. The molecule has 0 saturated carbocycles. The number of hydrogen-bond donors (Lipinski definition) is 2. The van der Waals surface area contributed by atoms with Crippen LogP contribution in [0.15, 0.2) is 18.2 Å². The summed E-state index contributed by atoms with van der Waals surface area (Å²) in [6, 6.07) is 3.81. The molecule has 0 spiro atoms. The van der Waals surface area contributed by atoms with E-state index >= 15 is 0 Å². The summed E-state index contributed by atoms with van der Waals surface area (Å²) in [4.78, 5) is 10.5. The maximum absolute atomic E-state index is 12.8. The minimum absolute atomic E-state index is 0.176. The van der Waals surface area contributed by atoms with Gasteiger partial charge in [0.2, 0.25) is 5.91 Å². The van der Waals surface area contributed by atoms with Gasteiger partial charge in [0.05, 0.1) is 0 Å². The number of phenols is 1. The zero-order valence-corrected chi connectivity index (χ0v) is 6.47. The van der Waals surface area contributed by atoms with Crippen molar-refractivity contribution in [2.45, 2.75) is 6.92 Å². The van der Waals surface area contributed by atoms with Crippen molar-refractivity contribution >= 4 is 11.6 Å². The number of nitrogens with one attached hydrogen (secondary N) is 1. The quantitative estimate of drug-likeness (QED) is 0.626. The van der Waals surface area contributed by atoms with Gasteiger partial charge in [0.25, 0.3) is 0 Å². The fraction of sp³-hybridized carbons (Fsp3) is 0.125. The van der Waals surface area contributed by atoms with Gasteiger partial charge in [0, 0.05) is 6.92 Å². The van der Waals surface area contributed by atoms with E-state index in [1.807, 2.05) is 0 Å². The molecule has 1 aromatic carbocycles. The van der Waals surface area contributed by atoms with Crippen LogP contribution in [0.3, 0.4) is 0 Å². The zero-order valence-electron chi connectivity index (χ0n) is 6.47. The molecule has 1 rings (SSSR count). The number of phenolic OH excluding ortho intramolecular Hbond substituents is 1. The molecule has 0 aliphatic heterocycles. The molecule has 0 saturated heterocycles. The third kappa shape index (κ3) is 1.72. The van der Waals surface area contributed by atoms with Gasteiger partial charge in [0.15, 0.2) is 5.82 Å². The van der Waals surface area contributed by atoms with Crippen LogP contribution in [0, 0.1) is 5.82 Å². The van der Waals surface area contributed by atoms with Crippen LogP contribution >= 0.6 is 0 Å². The Bertz CT molecular complexity index is 292. The summed E-state index contributed by atoms with van der Waals surface area (Å²) in [5, 5.41) is 11.3. The zero-order chi connectivity index (χ0) is 9.14. The lowest BCUT2D eigenvalue weighted by atomic mass is 10.3. The summed E-state index contributed by atoms with van der Waals surface area (Å²) in [7, 11) is 0. The molecule has 12 heavy (non-hydrogen) atoms. The maximum Gasteiger partial charge on any atom is 0.221 e. The van der Waals surface area contributed by atoms with Crippen molar-refractivity contribution in [2.75, 3.05) is 5.32 Å². The van der Waals surface area contributed by atoms with E-state index in [0.29, 0.717) is 0 Å². The van der Waals surface area contributed by atoms with Gasteiger partial charge in [-0.05, 0) is 12.1 Å². The molecule has 4 heteroatoms. The summed E-state index contributed by atoms with van der Waals surface area (Å²) in [5.41, 5.74) is -0.176. The molecule has 0 fully saturated rings. The largest absolute Gasteiger partial charge is 0.506 e.